The highest BCUT2D eigenvalue weighted by Gasteiger charge is 2.39. The zero-order valence-corrected chi connectivity index (χ0v) is 14.7. The molecule has 0 amide bonds. The monoisotopic (exact) mass is 296 g/mol. The molecule has 2 rings (SSSR count). The molecule has 3 nitrogen and oxygen atoms in total. The minimum Gasteiger partial charge on any atom is -0.377 e. The second-order valence-corrected chi connectivity index (χ2v) is 7.75. The molecule has 3 heteroatoms. The fourth-order valence-electron chi connectivity index (χ4n) is 4.14. The summed E-state index contributed by atoms with van der Waals surface area (Å²) >= 11 is 0. The third-order valence-electron chi connectivity index (χ3n) is 5.30. The first-order valence-corrected chi connectivity index (χ1v) is 9.14. The van der Waals surface area contributed by atoms with Gasteiger partial charge < -0.3 is 10.1 Å². The highest BCUT2D eigenvalue weighted by molar-refractivity contribution is 4.96. The first-order chi connectivity index (χ1) is 10.1. The minimum atomic E-state index is 0.459. The highest BCUT2D eigenvalue weighted by Crippen LogP contribution is 2.38. The van der Waals surface area contributed by atoms with Gasteiger partial charge in [0, 0.05) is 25.2 Å². The van der Waals surface area contributed by atoms with Gasteiger partial charge in [-0.15, -0.1) is 0 Å². The quantitative estimate of drug-likeness (QED) is 0.812. The standard InChI is InChI=1S/C18H36N2O/c1-5-11-19-16-9-10-18(3,4)13-17(16)20-12-7-8-15(14-20)21-6-2/h15-17,19H,5-14H2,1-4H3. The molecule has 1 aliphatic carbocycles. The maximum atomic E-state index is 5.91. The molecule has 124 valence electrons. The fourth-order valence-corrected chi connectivity index (χ4v) is 4.14. The number of nitrogens with one attached hydrogen (secondary N) is 1. The molecule has 2 aliphatic rings. The second-order valence-electron chi connectivity index (χ2n) is 7.75. The Morgan fingerprint density at radius 2 is 2.05 bits per heavy atom. The fraction of sp³-hybridized carbons (Fsp3) is 1.00. The topological polar surface area (TPSA) is 24.5 Å². The van der Waals surface area contributed by atoms with E-state index in [1.54, 1.807) is 0 Å². The summed E-state index contributed by atoms with van der Waals surface area (Å²) < 4.78 is 5.91. The Bertz CT molecular complexity index is 304. The third-order valence-corrected chi connectivity index (χ3v) is 5.30. The zero-order valence-electron chi connectivity index (χ0n) is 14.7. The van der Waals surface area contributed by atoms with Crippen LogP contribution in [0.3, 0.4) is 0 Å². The molecule has 1 heterocycles. The average Bonchev–Trinajstić information content (AvgIpc) is 2.46. The van der Waals surface area contributed by atoms with E-state index in [0.717, 1.165) is 19.7 Å². The summed E-state index contributed by atoms with van der Waals surface area (Å²) in [4.78, 5) is 2.73. The van der Waals surface area contributed by atoms with Gasteiger partial charge in [0.15, 0.2) is 0 Å². The van der Waals surface area contributed by atoms with Gasteiger partial charge in [-0.05, 0) is 64.0 Å². The highest BCUT2D eigenvalue weighted by atomic mass is 16.5. The van der Waals surface area contributed by atoms with Crippen LogP contribution in [0.15, 0.2) is 0 Å². The second kappa shape index (κ2) is 7.94. The largest absolute Gasteiger partial charge is 0.377 e. The van der Waals surface area contributed by atoms with Crippen LogP contribution >= 0.6 is 0 Å². The van der Waals surface area contributed by atoms with E-state index in [1.165, 1.54) is 45.1 Å². The third kappa shape index (κ3) is 4.94. The van der Waals surface area contributed by atoms with Crippen LogP contribution in [-0.4, -0.2) is 49.3 Å². The van der Waals surface area contributed by atoms with Crippen LogP contribution in [0.5, 0.6) is 0 Å². The van der Waals surface area contributed by atoms with Crippen LogP contribution in [0.25, 0.3) is 0 Å². The molecule has 0 bridgehead atoms. The summed E-state index contributed by atoms with van der Waals surface area (Å²) in [6.07, 6.45) is 8.23. The smallest absolute Gasteiger partial charge is 0.0702 e. The van der Waals surface area contributed by atoms with Gasteiger partial charge in [-0.3, -0.25) is 4.90 Å². The van der Waals surface area contributed by atoms with Crippen LogP contribution in [0.1, 0.15) is 66.2 Å². The number of ether oxygens (including phenoxy) is 1. The Balaban J connectivity index is 2.00. The summed E-state index contributed by atoms with van der Waals surface area (Å²) in [5, 5.41) is 3.82. The molecule has 2 fully saturated rings. The first-order valence-electron chi connectivity index (χ1n) is 9.14. The number of hydrogen-bond acceptors (Lipinski definition) is 3. The van der Waals surface area contributed by atoms with Crippen molar-refractivity contribution in [3.8, 4) is 0 Å². The molecule has 1 N–H and O–H groups in total. The van der Waals surface area contributed by atoms with E-state index in [4.69, 9.17) is 4.74 Å². The SMILES string of the molecule is CCCNC1CCC(C)(C)CC1N1CCCC(OCC)C1. The molecular formula is C18H36N2O. The molecule has 1 saturated heterocycles. The van der Waals surface area contributed by atoms with E-state index in [2.05, 4.69) is 37.9 Å². The van der Waals surface area contributed by atoms with E-state index < -0.39 is 0 Å². The van der Waals surface area contributed by atoms with E-state index >= 15 is 0 Å². The van der Waals surface area contributed by atoms with Crippen molar-refractivity contribution in [2.45, 2.75) is 84.4 Å². The summed E-state index contributed by atoms with van der Waals surface area (Å²) in [6.45, 7) is 13.7. The number of piperidine rings is 1. The van der Waals surface area contributed by atoms with Gasteiger partial charge in [0.2, 0.25) is 0 Å². The Morgan fingerprint density at radius 3 is 2.76 bits per heavy atom. The lowest BCUT2D eigenvalue weighted by molar-refractivity contribution is -0.0291. The van der Waals surface area contributed by atoms with Crippen molar-refractivity contribution in [3.63, 3.8) is 0 Å². The molecule has 0 aromatic carbocycles. The Morgan fingerprint density at radius 1 is 1.24 bits per heavy atom. The Kier molecular flexibility index (Phi) is 6.51. The van der Waals surface area contributed by atoms with Gasteiger partial charge in [-0.1, -0.05) is 20.8 Å². The summed E-state index contributed by atoms with van der Waals surface area (Å²) in [5.74, 6) is 0. The van der Waals surface area contributed by atoms with Gasteiger partial charge in [-0.25, -0.2) is 0 Å². The predicted octanol–water partition coefficient (Wildman–Crippen LogP) is 3.43. The molecule has 0 aromatic rings. The lowest BCUT2D eigenvalue weighted by Crippen LogP contribution is -2.57. The summed E-state index contributed by atoms with van der Waals surface area (Å²) in [6, 6.07) is 1.38. The number of likely N-dealkylation sites (tertiary alicyclic amines) is 1. The van der Waals surface area contributed by atoms with Crippen LogP contribution in [0.2, 0.25) is 0 Å². The van der Waals surface area contributed by atoms with Gasteiger partial charge >= 0.3 is 0 Å². The van der Waals surface area contributed by atoms with Crippen molar-refractivity contribution in [2.24, 2.45) is 5.41 Å². The van der Waals surface area contributed by atoms with Crippen molar-refractivity contribution in [1.29, 1.82) is 0 Å². The number of rotatable bonds is 6. The molecule has 0 spiro atoms. The Hall–Kier alpha value is -0.120. The Labute approximate surface area is 131 Å². The number of nitrogens with zero attached hydrogens (tertiary/aromatic N) is 1. The van der Waals surface area contributed by atoms with Gasteiger partial charge in [0.25, 0.3) is 0 Å². The molecule has 3 unspecified atom stereocenters. The lowest BCUT2D eigenvalue weighted by atomic mass is 9.72. The molecule has 1 saturated carbocycles. The van der Waals surface area contributed by atoms with Crippen LogP contribution in [0.4, 0.5) is 0 Å². The van der Waals surface area contributed by atoms with Gasteiger partial charge in [0.1, 0.15) is 0 Å². The molecule has 0 radical (unpaired) electrons. The number of hydrogen-bond donors (Lipinski definition) is 1. The summed E-state index contributed by atoms with van der Waals surface area (Å²) in [7, 11) is 0. The average molecular weight is 296 g/mol. The van der Waals surface area contributed by atoms with Crippen molar-refractivity contribution in [1.82, 2.24) is 10.2 Å². The van der Waals surface area contributed by atoms with Crippen LogP contribution in [-0.2, 0) is 4.74 Å². The summed E-state index contributed by atoms with van der Waals surface area (Å²) in [5.41, 5.74) is 0.494. The zero-order chi connectivity index (χ0) is 15.3. The van der Waals surface area contributed by atoms with Crippen molar-refractivity contribution < 1.29 is 4.74 Å². The maximum absolute atomic E-state index is 5.91. The van der Waals surface area contributed by atoms with Crippen molar-refractivity contribution >= 4 is 0 Å². The van der Waals surface area contributed by atoms with Crippen LogP contribution < -0.4 is 5.32 Å². The molecule has 1 aliphatic heterocycles. The molecular weight excluding hydrogens is 260 g/mol. The molecule has 3 atom stereocenters. The first kappa shape index (κ1) is 17.2. The van der Waals surface area contributed by atoms with E-state index in [1.807, 2.05) is 0 Å². The molecule has 0 aromatic heterocycles. The van der Waals surface area contributed by atoms with E-state index in [9.17, 15) is 0 Å². The maximum Gasteiger partial charge on any atom is 0.0702 e. The molecule has 21 heavy (non-hydrogen) atoms. The van der Waals surface area contributed by atoms with Gasteiger partial charge in [-0.2, -0.15) is 0 Å². The van der Waals surface area contributed by atoms with E-state index in [-0.39, 0.29) is 0 Å². The van der Waals surface area contributed by atoms with Crippen molar-refractivity contribution in [3.05, 3.63) is 0 Å². The lowest BCUT2D eigenvalue weighted by Gasteiger charge is -2.48. The van der Waals surface area contributed by atoms with Crippen LogP contribution in [0, 0.1) is 5.41 Å². The van der Waals surface area contributed by atoms with Crippen molar-refractivity contribution in [2.75, 3.05) is 26.2 Å². The van der Waals surface area contributed by atoms with E-state index in [0.29, 0.717) is 23.6 Å². The minimum absolute atomic E-state index is 0.459. The van der Waals surface area contributed by atoms with Gasteiger partial charge in [0.05, 0.1) is 6.10 Å². The predicted molar refractivity (Wildman–Crippen MR) is 89.7 cm³/mol. The normalized spacial score (nSPS) is 34.0.